The van der Waals surface area contributed by atoms with Crippen molar-refractivity contribution < 1.29 is 13.8 Å². The van der Waals surface area contributed by atoms with Crippen molar-refractivity contribution in [3.8, 4) is 0 Å². The van der Waals surface area contributed by atoms with Crippen LogP contribution >= 0.6 is 27.7 Å². The van der Waals surface area contributed by atoms with Gasteiger partial charge in [0.2, 0.25) is 5.91 Å². The highest BCUT2D eigenvalue weighted by atomic mass is 79.9. The number of nitrogens with one attached hydrogen (secondary N) is 2. The Labute approximate surface area is 156 Å². The predicted molar refractivity (Wildman–Crippen MR) is 95.4 cm³/mol. The van der Waals surface area contributed by atoms with Crippen molar-refractivity contribution in [3.05, 3.63) is 39.7 Å². The minimum Gasteiger partial charge on any atom is -0.353 e. The molecule has 2 N–H and O–H groups in total. The zero-order valence-electron chi connectivity index (χ0n) is 13.2. The average molecular weight is 427 g/mol. The summed E-state index contributed by atoms with van der Waals surface area (Å²) in [5.74, 6) is -0.211. The van der Waals surface area contributed by atoms with E-state index in [1.807, 2.05) is 0 Å². The molecule has 1 amide bonds. The van der Waals surface area contributed by atoms with E-state index in [0.717, 1.165) is 24.8 Å². The first kappa shape index (κ1) is 18.1. The Morgan fingerprint density at radius 1 is 1.44 bits per heavy atom. The summed E-state index contributed by atoms with van der Waals surface area (Å²) in [5, 5.41) is 19.1. The van der Waals surface area contributed by atoms with Crippen LogP contribution in [0.15, 0.2) is 32.3 Å². The molecule has 0 aliphatic heterocycles. The Morgan fingerprint density at radius 2 is 2.24 bits per heavy atom. The van der Waals surface area contributed by atoms with E-state index in [0.29, 0.717) is 21.2 Å². The van der Waals surface area contributed by atoms with Crippen LogP contribution < -0.4 is 5.32 Å². The molecular weight excluding hydrogens is 411 g/mol. The van der Waals surface area contributed by atoms with Crippen molar-refractivity contribution in [3.63, 3.8) is 0 Å². The fourth-order valence-corrected chi connectivity index (χ4v) is 3.51. The van der Waals surface area contributed by atoms with Crippen LogP contribution in [0.2, 0.25) is 0 Å². The maximum atomic E-state index is 13.3. The third kappa shape index (κ3) is 4.66. The van der Waals surface area contributed by atoms with Gasteiger partial charge in [-0.25, -0.2) is 9.02 Å². The maximum Gasteiger partial charge on any atom is 0.230 e. The second-order valence-electron chi connectivity index (χ2n) is 5.81. The van der Waals surface area contributed by atoms with Crippen molar-refractivity contribution in [2.45, 2.75) is 36.8 Å². The molecule has 2 aromatic rings. The van der Waals surface area contributed by atoms with Gasteiger partial charge in [-0.15, -0.1) is 0 Å². The zero-order chi connectivity index (χ0) is 17.8. The van der Waals surface area contributed by atoms with Gasteiger partial charge >= 0.3 is 0 Å². The lowest BCUT2D eigenvalue weighted by atomic mass is 9.93. The standard InChI is InChI=1S/C16H16BrFN4O2S/c17-11-6-9(4-5-12(11)18)7-13(19)15-16(22-24-21-15)25-8-14(23)20-10-2-1-3-10/h4-6,10,19H,1-3,7-8H2,(H,20,23). The lowest BCUT2D eigenvalue weighted by Crippen LogP contribution is -2.40. The summed E-state index contributed by atoms with van der Waals surface area (Å²) in [6, 6.07) is 4.86. The van der Waals surface area contributed by atoms with Crippen LogP contribution in [0.1, 0.15) is 30.5 Å². The molecule has 0 saturated heterocycles. The van der Waals surface area contributed by atoms with E-state index in [4.69, 9.17) is 10.0 Å². The van der Waals surface area contributed by atoms with E-state index in [-0.39, 0.29) is 29.6 Å². The molecule has 1 saturated carbocycles. The number of amides is 1. The van der Waals surface area contributed by atoms with Gasteiger partial charge in [-0.1, -0.05) is 17.8 Å². The topological polar surface area (TPSA) is 91.9 Å². The normalized spacial score (nSPS) is 14.2. The summed E-state index contributed by atoms with van der Waals surface area (Å²) in [4.78, 5) is 11.9. The van der Waals surface area contributed by atoms with Gasteiger partial charge in [-0.05, 0) is 63.2 Å². The van der Waals surface area contributed by atoms with Gasteiger partial charge in [0.15, 0.2) is 10.7 Å². The summed E-state index contributed by atoms with van der Waals surface area (Å²) in [5.41, 5.74) is 1.27. The molecule has 0 unspecified atom stereocenters. The van der Waals surface area contributed by atoms with Crippen molar-refractivity contribution in [1.29, 1.82) is 5.41 Å². The first-order valence-corrected chi connectivity index (χ1v) is 9.57. The third-order valence-electron chi connectivity index (χ3n) is 3.92. The number of thioether (sulfide) groups is 1. The van der Waals surface area contributed by atoms with Gasteiger partial charge in [-0.2, -0.15) is 0 Å². The summed E-state index contributed by atoms with van der Waals surface area (Å²) < 4.78 is 18.4. The Morgan fingerprint density at radius 3 is 2.92 bits per heavy atom. The van der Waals surface area contributed by atoms with Crippen molar-refractivity contribution in [2.75, 3.05) is 5.75 Å². The highest BCUT2D eigenvalue weighted by molar-refractivity contribution is 9.10. The minimum atomic E-state index is -0.355. The SMILES string of the molecule is N=C(Cc1ccc(F)c(Br)c1)c1nonc1SCC(=O)NC1CCC1. The fraction of sp³-hybridized carbons (Fsp3) is 0.375. The van der Waals surface area contributed by atoms with E-state index in [2.05, 4.69) is 31.6 Å². The molecule has 1 aromatic heterocycles. The van der Waals surface area contributed by atoms with Crippen LogP contribution in [0.5, 0.6) is 0 Å². The number of aromatic nitrogens is 2. The van der Waals surface area contributed by atoms with Gasteiger partial charge in [0.25, 0.3) is 0 Å². The van der Waals surface area contributed by atoms with E-state index < -0.39 is 0 Å². The molecule has 1 aromatic carbocycles. The molecule has 1 fully saturated rings. The Bertz CT molecular complexity index is 794. The molecule has 0 atom stereocenters. The molecule has 132 valence electrons. The highest BCUT2D eigenvalue weighted by Gasteiger charge is 2.21. The summed E-state index contributed by atoms with van der Waals surface area (Å²) in [6.07, 6.45) is 3.48. The van der Waals surface area contributed by atoms with E-state index >= 15 is 0 Å². The molecule has 1 aliphatic carbocycles. The Hall–Kier alpha value is -1.74. The Kier molecular flexibility index (Phi) is 5.85. The summed E-state index contributed by atoms with van der Waals surface area (Å²) in [6.45, 7) is 0. The molecule has 0 bridgehead atoms. The van der Waals surface area contributed by atoms with Crippen LogP contribution in [0.4, 0.5) is 4.39 Å². The minimum absolute atomic E-state index is 0.0577. The Balaban J connectivity index is 1.58. The van der Waals surface area contributed by atoms with Crippen LogP contribution in [-0.2, 0) is 11.2 Å². The molecule has 0 radical (unpaired) electrons. The maximum absolute atomic E-state index is 13.3. The predicted octanol–water partition coefficient (Wildman–Crippen LogP) is 3.34. The van der Waals surface area contributed by atoms with Gasteiger partial charge in [0.05, 0.1) is 15.9 Å². The van der Waals surface area contributed by atoms with Crippen molar-refractivity contribution in [1.82, 2.24) is 15.6 Å². The molecule has 25 heavy (non-hydrogen) atoms. The lowest BCUT2D eigenvalue weighted by Gasteiger charge is -2.26. The monoisotopic (exact) mass is 426 g/mol. The first-order chi connectivity index (χ1) is 12.0. The van der Waals surface area contributed by atoms with Crippen LogP contribution in [0.25, 0.3) is 0 Å². The van der Waals surface area contributed by atoms with Gasteiger partial charge in [0.1, 0.15) is 5.82 Å². The molecule has 6 nitrogen and oxygen atoms in total. The zero-order valence-corrected chi connectivity index (χ0v) is 15.6. The number of nitrogens with zero attached hydrogens (tertiary/aromatic N) is 2. The van der Waals surface area contributed by atoms with E-state index in [1.165, 1.54) is 17.8 Å². The van der Waals surface area contributed by atoms with Gasteiger partial charge < -0.3 is 10.7 Å². The van der Waals surface area contributed by atoms with Crippen molar-refractivity contribution >= 4 is 39.3 Å². The van der Waals surface area contributed by atoms with Gasteiger partial charge in [0, 0.05) is 12.5 Å². The largest absolute Gasteiger partial charge is 0.353 e. The summed E-state index contributed by atoms with van der Waals surface area (Å²) in [7, 11) is 0. The number of carbonyl (C=O) groups excluding carboxylic acids is 1. The molecule has 1 heterocycles. The van der Waals surface area contributed by atoms with Gasteiger partial charge in [-0.3, -0.25) is 4.79 Å². The number of carbonyl (C=O) groups is 1. The number of hydrogen-bond donors (Lipinski definition) is 2. The molecule has 9 heteroatoms. The lowest BCUT2D eigenvalue weighted by molar-refractivity contribution is -0.119. The summed E-state index contributed by atoms with van der Waals surface area (Å²) >= 11 is 4.32. The first-order valence-electron chi connectivity index (χ1n) is 7.79. The van der Waals surface area contributed by atoms with Crippen LogP contribution in [0, 0.1) is 11.2 Å². The second-order valence-corrected chi connectivity index (χ2v) is 7.62. The van der Waals surface area contributed by atoms with E-state index in [1.54, 1.807) is 12.1 Å². The van der Waals surface area contributed by atoms with E-state index in [9.17, 15) is 9.18 Å². The fourth-order valence-electron chi connectivity index (χ4n) is 2.35. The van der Waals surface area contributed by atoms with Crippen LogP contribution in [-0.4, -0.2) is 33.7 Å². The second kappa shape index (κ2) is 8.09. The number of benzene rings is 1. The van der Waals surface area contributed by atoms with Crippen LogP contribution in [0.3, 0.4) is 0 Å². The number of halogens is 2. The quantitative estimate of drug-likeness (QED) is 0.523. The smallest absolute Gasteiger partial charge is 0.230 e. The molecule has 1 aliphatic rings. The van der Waals surface area contributed by atoms with Crippen molar-refractivity contribution in [2.24, 2.45) is 0 Å². The molecule has 0 spiro atoms. The molecular formula is C16H16BrFN4O2S. The third-order valence-corrected chi connectivity index (χ3v) is 5.47. The number of rotatable bonds is 7. The number of hydrogen-bond acceptors (Lipinski definition) is 6. The molecule has 3 rings (SSSR count). The highest BCUT2D eigenvalue weighted by Crippen LogP contribution is 2.23. The average Bonchev–Trinajstić information content (AvgIpc) is 3.01.